The molecule has 1 aromatic carbocycles. The van der Waals surface area contributed by atoms with E-state index in [0.717, 1.165) is 5.92 Å². The first-order valence-corrected chi connectivity index (χ1v) is 8.05. The Hall–Kier alpha value is -0.0400. The van der Waals surface area contributed by atoms with E-state index in [9.17, 15) is 25.2 Å². The van der Waals surface area contributed by atoms with Gasteiger partial charge in [-0.2, -0.15) is 0 Å². The third-order valence-electron chi connectivity index (χ3n) is 1.56. The zero-order valence-corrected chi connectivity index (χ0v) is 12.7. The normalized spacial score (nSPS) is 15.4. The maximum Gasteiger partial charge on any atom is 1.00 e. The van der Waals surface area contributed by atoms with E-state index in [1.165, 1.54) is 15.6 Å². The zero-order valence-electron chi connectivity index (χ0n) is 10.7. The van der Waals surface area contributed by atoms with E-state index in [0.29, 0.717) is 0 Å². The summed E-state index contributed by atoms with van der Waals surface area (Å²) in [5.41, 5.74) is 1.44. The molecule has 0 aliphatic rings. The topological polar surface area (TPSA) is 0 Å². The second-order valence-electron chi connectivity index (χ2n) is 4.18. The largest absolute Gasteiger partial charge is 1.00 e. The molecule has 0 aliphatic carbocycles. The van der Waals surface area contributed by atoms with Gasteiger partial charge in [-0.3, -0.25) is 0 Å². The first-order chi connectivity index (χ1) is 7.63. The molecule has 0 aromatic heterocycles. The van der Waals surface area contributed by atoms with Crippen molar-refractivity contribution in [2.45, 2.75) is 20.3 Å². The van der Waals surface area contributed by atoms with Gasteiger partial charge in [0.05, 0.1) is 0 Å². The van der Waals surface area contributed by atoms with Gasteiger partial charge >= 0.3 is 34.4 Å². The molecule has 108 valence electrons. The van der Waals surface area contributed by atoms with Crippen molar-refractivity contribution in [3.05, 3.63) is 33.4 Å². The summed E-state index contributed by atoms with van der Waals surface area (Å²) in [7, 11) is -10.7. The number of benzene rings is 1. The van der Waals surface area contributed by atoms with E-state index >= 15 is 0 Å². The smallest absolute Gasteiger partial charge is 1.00 e. The van der Waals surface area contributed by atoms with Gasteiger partial charge in [0.15, 0.2) is 0 Å². The van der Waals surface area contributed by atoms with Gasteiger partial charge in [-0.1, -0.05) is 26.0 Å². The quantitative estimate of drug-likeness (QED) is 0.282. The summed E-state index contributed by atoms with van der Waals surface area (Å²) >= 11 is 2.33. The summed E-state index contributed by atoms with van der Waals surface area (Å²) in [6.45, 7) is 4.50. The van der Waals surface area contributed by atoms with Crippen LogP contribution in [0.1, 0.15) is 20.8 Å². The summed E-state index contributed by atoms with van der Waals surface area (Å²) in [6, 6.07) is 8.75. The molecule has 0 saturated heterocycles. The Morgan fingerprint density at radius 2 is 1.33 bits per heavy atom. The van der Waals surface area contributed by atoms with E-state index < -0.39 is 7.81 Å². The number of rotatable bonds is 2. The minimum absolute atomic E-state index is 0. The third kappa shape index (κ3) is 18.3. The molecule has 0 spiro atoms. The maximum atomic E-state index is 9.87. The van der Waals surface area contributed by atoms with Crippen LogP contribution in [0.4, 0.5) is 25.2 Å². The van der Waals surface area contributed by atoms with Crippen LogP contribution in [-0.4, -0.2) is 0 Å². The van der Waals surface area contributed by atoms with Gasteiger partial charge in [0.1, 0.15) is 0 Å². The molecule has 18 heavy (non-hydrogen) atoms. The van der Waals surface area contributed by atoms with Gasteiger partial charge in [-0.05, 0) is 52.6 Å². The van der Waals surface area contributed by atoms with Crippen molar-refractivity contribution in [1.29, 1.82) is 0 Å². The van der Waals surface area contributed by atoms with Gasteiger partial charge in [0, 0.05) is 3.57 Å². The first-order valence-electron chi connectivity index (χ1n) is 4.94. The second kappa shape index (κ2) is 5.15. The van der Waals surface area contributed by atoms with Crippen molar-refractivity contribution < 1.29 is 26.6 Å². The molecule has 0 radical (unpaired) electrons. The molecule has 0 unspecified atom stereocenters. The molecule has 0 fully saturated rings. The van der Waals surface area contributed by atoms with Crippen LogP contribution in [0, 0.1) is 9.49 Å². The van der Waals surface area contributed by atoms with Gasteiger partial charge in [-0.25, -0.2) is 0 Å². The second-order valence-corrected chi connectivity index (χ2v) is 7.35. The minimum Gasteiger partial charge on any atom is 1.00 e. The molecule has 0 heterocycles. The van der Waals surface area contributed by atoms with Gasteiger partial charge in [0.2, 0.25) is 0 Å². The van der Waals surface area contributed by atoms with Crippen LogP contribution in [0.25, 0.3) is 0 Å². The van der Waals surface area contributed by atoms with E-state index in [4.69, 9.17) is 0 Å². The van der Waals surface area contributed by atoms with Crippen LogP contribution in [0.15, 0.2) is 24.3 Å². The van der Waals surface area contributed by atoms with Crippen molar-refractivity contribution in [2.75, 3.05) is 0 Å². The van der Waals surface area contributed by atoms with Crippen molar-refractivity contribution in [3.63, 3.8) is 0 Å². The van der Waals surface area contributed by atoms with Crippen molar-refractivity contribution >= 4 is 30.4 Å². The molecular weight excluding hydrogens is 392 g/mol. The van der Waals surface area contributed by atoms with Crippen LogP contribution < -0.4 is 0 Å². The minimum atomic E-state index is -10.7. The number of hydrogen-bond donors (Lipinski definition) is 0. The molecule has 1 rings (SSSR count). The van der Waals surface area contributed by atoms with Crippen LogP contribution in [0.2, 0.25) is 0 Å². The predicted molar refractivity (Wildman–Crippen MR) is 72.4 cm³/mol. The van der Waals surface area contributed by atoms with E-state index in [-0.39, 0.29) is 1.43 Å². The van der Waals surface area contributed by atoms with E-state index in [1.807, 2.05) is 0 Å². The van der Waals surface area contributed by atoms with E-state index in [2.05, 4.69) is 60.7 Å². The van der Waals surface area contributed by atoms with Crippen molar-refractivity contribution in [2.24, 2.45) is 5.92 Å². The number of halogens is 7. The average Bonchev–Trinajstić information content (AvgIpc) is 2.02. The molecule has 0 bridgehead atoms. The van der Waals surface area contributed by atoms with Crippen LogP contribution in [0.3, 0.4) is 0 Å². The SMILES string of the molecule is CC(C)Cc1ccc(I)cc1.F[P-](F)(F)(F)(F)F.[H+]. The Morgan fingerprint density at radius 3 is 1.61 bits per heavy atom. The molecule has 8 heteroatoms. The summed E-state index contributed by atoms with van der Waals surface area (Å²) in [6.07, 6.45) is 1.19. The summed E-state index contributed by atoms with van der Waals surface area (Å²) in [5, 5.41) is 0. The van der Waals surface area contributed by atoms with Gasteiger partial charge in [0.25, 0.3) is 0 Å². The molecular formula is C10H14F6IP. The fourth-order valence-corrected chi connectivity index (χ4v) is 1.45. The molecule has 1 aromatic rings. The first kappa shape index (κ1) is 18.0. The Balaban J connectivity index is 0. The summed E-state index contributed by atoms with van der Waals surface area (Å²) in [4.78, 5) is 0. The van der Waals surface area contributed by atoms with Gasteiger partial charge < -0.3 is 0 Å². The molecule has 0 N–H and O–H groups in total. The summed E-state index contributed by atoms with van der Waals surface area (Å²) in [5.74, 6) is 0.759. The Morgan fingerprint density at radius 1 is 1.00 bits per heavy atom. The van der Waals surface area contributed by atoms with Crippen LogP contribution in [0.5, 0.6) is 0 Å². The van der Waals surface area contributed by atoms with Crippen LogP contribution in [-0.2, 0) is 6.42 Å². The maximum absolute atomic E-state index is 10.7. The summed E-state index contributed by atoms with van der Waals surface area (Å²) < 4.78 is 60.5. The monoisotopic (exact) mass is 406 g/mol. The van der Waals surface area contributed by atoms with Gasteiger partial charge in [-0.15, -0.1) is 0 Å². The van der Waals surface area contributed by atoms with Crippen molar-refractivity contribution in [3.8, 4) is 0 Å². The third-order valence-corrected chi connectivity index (χ3v) is 2.28. The average molecular weight is 406 g/mol. The standard InChI is InChI=1S/C10H13I.F6P/c1-8(2)7-9-3-5-10(11)6-4-9;1-7(2,3,4,5)6/h3-6,8H,7H2,1-2H3;/q;-1/p+1. The molecule has 0 nitrogen and oxygen atoms in total. The Kier molecular flexibility index (Phi) is 5.14. The van der Waals surface area contributed by atoms with E-state index in [1.54, 1.807) is 0 Å². The number of hydrogen-bond acceptors (Lipinski definition) is 0. The molecule has 0 amide bonds. The fourth-order valence-electron chi connectivity index (χ4n) is 1.09. The Labute approximate surface area is 117 Å². The fraction of sp³-hybridized carbons (Fsp3) is 0.400. The molecule has 0 atom stereocenters. The molecule has 0 aliphatic heterocycles. The molecule has 0 saturated carbocycles. The predicted octanol–water partition coefficient (Wildman–Crippen LogP) is 6.98. The zero-order chi connectivity index (χ0) is 14.7. The van der Waals surface area contributed by atoms with Crippen molar-refractivity contribution in [1.82, 2.24) is 0 Å². The van der Waals surface area contributed by atoms with Crippen LogP contribution >= 0.6 is 30.4 Å². The Bertz CT molecular complexity index is 374.